The first-order chi connectivity index (χ1) is 10.6. The van der Waals surface area contributed by atoms with Gasteiger partial charge < -0.3 is 15.4 Å². The topological polar surface area (TPSA) is 50.4 Å². The van der Waals surface area contributed by atoms with Crippen molar-refractivity contribution in [2.75, 3.05) is 33.9 Å². The zero-order valence-electron chi connectivity index (χ0n) is 13.3. The second-order valence-corrected chi connectivity index (χ2v) is 6.50. The normalized spacial score (nSPS) is 23.0. The fourth-order valence-corrected chi connectivity index (χ4v) is 3.57. The molecule has 2 N–H and O–H groups in total. The van der Waals surface area contributed by atoms with Crippen molar-refractivity contribution < 1.29 is 9.53 Å². The van der Waals surface area contributed by atoms with Gasteiger partial charge in [-0.15, -0.1) is 0 Å². The van der Waals surface area contributed by atoms with Crippen LogP contribution in [0.25, 0.3) is 0 Å². The minimum absolute atomic E-state index is 0.0551. The van der Waals surface area contributed by atoms with Gasteiger partial charge in [0.05, 0.1) is 12.5 Å². The first kappa shape index (κ1) is 17.3. The Bertz CT molecular complexity index is 484. The fraction of sp³-hybridized carbons (Fsp3) is 0.588. The molecule has 0 spiro atoms. The molecule has 1 aromatic carbocycles. The minimum atomic E-state index is -0.161. The number of benzene rings is 1. The molecule has 2 atom stereocenters. The number of piperidine rings is 1. The van der Waals surface area contributed by atoms with Crippen molar-refractivity contribution in [2.24, 2.45) is 11.3 Å². The molecule has 22 heavy (non-hydrogen) atoms. The molecule has 0 aromatic heterocycles. The van der Waals surface area contributed by atoms with Crippen LogP contribution in [-0.4, -0.2) is 39.8 Å². The van der Waals surface area contributed by atoms with Crippen molar-refractivity contribution in [1.29, 1.82) is 0 Å². The Labute approximate surface area is 137 Å². The monoisotopic (exact) mass is 324 g/mol. The fourth-order valence-electron chi connectivity index (χ4n) is 3.44. The molecule has 0 bridgehead atoms. The van der Waals surface area contributed by atoms with Crippen LogP contribution in [0, 0.1) is 11.3 Å². The molecule has 1 fully saturated rings. The summed E-state index contributed by atoms with van der Waals surface area (Å²) in [6.45, 7) is 2.28. The Balaban J connectivity index is 2.28. The molecule has 0 saturated carbocycles. The maximum Gasteiger partial charge on any atom is 0.225 e. The molecule has 1 heterocycles. The summed E-state index contributed by atoms with van der Waals surface area (Å²) in [7, 11) is 3.35. The van der Waals surface area contributed by atoms with E-state index in [0.717, 1.165) is 37.4 Å². The number of carbonyl (C=O) groups excluding carboxylic acids is 1. The maximum atomic E-state index is 12.4. The van der Waals surface area contributed by atoms with E-state index < -0.39 is 0 Å². The average Bonchev–Trinajstić information content (AvgIpc) is 2.55. The van der Waals surface area contributed by atoms with E-state index in [0.29, 0.717) is 6.61 Å². The van der Waals surface area contributed by atoms with Crippen LogP contribution in [0.5, 0.6) is 0 Å². The number of hydrogen-bond donors (Lipinski definition) is 2. The molecule has 2 rings (SSSR count). The lowest BCUT2D eigenvalue weighted by atomic mass is 9.66. The molecule has 1 amide bonds. The first-order valence-corrected chi connectivity index (χ1v) is 8.15. The highest BCUT2D eigenvalue weighted by Gasteiger charge is 2.43. The van der Waals surface area contributed by atoms with Gasteiger partial charge in [-0.2, -0.15) is 0 Å². The predicted molar refractivity (Wildman–Crippen MR) is 89.1 cm³/mol. The van der Waals surface area contributed by atoms with Crippen molar-refractivity contribution >= 4 is 17.5 Å². The van der Waals surface area contributed by atoms with E-state index in [1.54, 1.807) is 14.2 Å². The Kier molecular flexibility index (Phi) is 6.24. The Morgan fingerprint density at radius 3 is 2.73 bits per heavy atom. The van der Waals surface area contributed by atoms with Crippen LogP contribution in [-0.2, 0) is 16.0 Å². The lowest BCUT2D eigenvalue weighted by Crippen LogP contribution is -2.52. The quantitative estimate of drug-likeness (QED) is 0.844. The number of carbonyl (C=O) groups is 1. The van der Waals surface area contributed by atoms with Crippen LogP contribution < -0.4 is 10.6 Å². The van der Waals surface area contributed by atoms with Crippen LogP contribution in [0.15, 0.2) is 24.3 Å². The summed E-state index contributed by atoms with van der Waals surface area (Å²) in [5, 5.41) is 7.00. The molecule has 0 aliphatic carbocycles. The summed E-state index contributed by atoms with van der Waals surface area (Å²) < 4.78 is 5.35. The number of nitrogens with one attached hydrogen (secondary N) is 2. The van der Waals surface area contributed by atoms with Gasteiger partial charge in [-0.1, -0.05) is 23.7 Å². The van der Waals surface area contributed by atoms with Gasteiger partial charge in [0.1, 0.15) is 0 Å². The van der Waals surface area contributed by atoms with E-state index in [-0.39, 0.29) is 17.2 Å². The highest BCUT2D eigenvalue weighted by atomic mass is 35.5. The second-order valence-electron chi connectivity index (χ2n) is 6.07. The number of amides is 1. The summed E-state index contributed by atoms with van der Waals surface area (Å²) in [6.07, 6.45) is 2.94. The zero-order chi connectivity index (χ0) is 16.0. The SMILES string of the molecule is CNC(=O)C(COC)[C@]1(Cc2ccc(Cl)cc2)CCCNC1. The molecule has 122 valence electrons. The van der Waals surface area contributed by atoms with E-state index in [9.17, 15) is 4.79 Å². The molecule has 1 unspecified atom stereocenters. The van der Waals surface area contributed by atoms with E-state index in [2.05, 4.69) is 10.6 Å². The van der Waals surface area contributed by atoms with Crippen molar-refractivity contribution in [3.8, 4) is 0 Å². The number of methoxy groups -OCH3 is 1. The van der Waals surface area contributed by atoms with Crippen LogP contribution in [0.4, 0.5) is 0 Å². The first-order valence-electron chi connectivity index (χ1n) is 7.77. The van der Waals surface area contributed by atoms with Gasteiger partial charge in [0.25, 0.3) is 0 Å². The molecule has 0 radical (unpaired) electrons. The largest absolute Gasteiger partial charge is 0.384 e. The average molecular weight is 325 g/mol. The Morgan fingerprint density at radius 2 is 2.18 bits per heavy atom. The third kappa shape index (κ3) is 4.00. The van der Waals surface area contributed by atoms with Crippen molar-refractivity contribution in [2.45, 2.75) is 19.3 Å². The van der Waals surface area contributed by atoms with E-state index in [1.165, 1.54) is 5.56 Å². The number of hydrogen-bond acceptors (Lipinski definition) is 3. The summed E-state index contributed by atoms with van der Waals surface area (Å²) >= 11 is 5.98. The van der Waals surface area contributed by atoms with Gasteiger partial charge in [-0.25, -0.2) is 0 Å². The van der Waals surface area contributed by atoms with Gasteiger partial charge in [0.2, 0.25) is 5.91 Å². The smallest absolute Gasteiger partial charge is 0.225 e. The summed E-state index contributed by atoms with van der Waals surface area (Å²) in [4.78, 5) is 12.4. The molecule has 1 aliphatic rings. The van der Waals surface area contributed by atoms with Gasteiger partial charge in [0, 0.05) is 31.1 Å². The van der Waals surface area contributed by atoms with Gasteiger partial charge in [-0.05, 0) is 43.5 Å². The minimum Gasteiger partial charge on any atom is -0.384 e. The second kappa shape index (κ2) is 7.95. The summed E-state index contributed by atoms with van der Waals surface area (Å²) in [6, 6.07) is 7.91. The van der Waals surface area contributed by atoms with Gasteiger partial charge >= 0.3 is 0 Å². The number of ether oxygens (including phenoxy) is 1. The molecule has 1 saturated heterocycles. The van der Waals surface area contributed by atoms with Crippen LogP contribution in [0.2, 0.25) is 5.02 Å². The van der Waals surface area contributed by atoms with Crippen molar-refractivity contribution in [3.05, 3.63) is 34.9 Å². The standard InChI is InChI=1S/C17H25ClN2O2/c1-19-16(21)15(11-22-2)17(8-3-9-20-12-17)10-13-4-6-14(18)7-5-13/h4-7,15,20H,3,8-12H2,1-2H3,(H,19,21)/t15?,17-/m0/s1. The third-order valence-electron chi connectivity index (χ3n) is 4.61. The Hall–Kier alpha value is -1.10. The third-order valence-corrected chi connectivity index (χ3v) is 4.86. The van der Waals surface area contributed by atoms with Crippen molar-refractivity contribution in [1.82, 2.24) is 10.6 Å². The van der Waals surface area contributed by atoms with Crippen LogP contribution >= 0.6 is 11.6 Å². The zero-order valence-corrected chi connectivity index (χ0v) is 14.1. The lowest BCUT2D eigenvalue weighted by molar-refractivity contribution is -0.132. The van der Waals surface area contributed by atoms with Gasteiger partial charge in [0.15, 0.2) is 0 Å². The van der Waals surface area contributed by atoms with E-state index in [1.807, 2.05) is 24.3 Å². The summed E-state index contributed by atoms with van der Waals surface area (Å²) in [5.74, 6) is -0.106. The highest BCUT2D eigenvalue weighted by Crippen LogP contribution is 2.39. The Morgan fingerprint density at radius 1 is 1.45 bits per heavy atom. The number of halogens is 1. The lowest BCUT2D eigenvalue weighted by Gasteiger charge is -2.43. The van der Waals surface area contributed by atoms with E-state index in [4.69, 9.17) is 16.3 Å². The van der Waals surface area contributed by atoms with Crippen LogP contribution in [0.3, 0.4) is 0 Å². The molecular formula is C17H25ClN2O2. The van der Waals surface area contributed by atoms with E-state index >= 15 is 0 Å². The molecule has 1 aliphatic heterocycles. The predicted octanol–water partition coefficient (Wildman–Crippen LogP) is 2.26. The molecule has 4 nitrogen and oxygen atoms in total. The van der Waals surface area contributed by atoms with Gasteiger partial charge in [-0.3, -0.25) is 4.79 Å². The summed E-state index contributed by atoms with van der Waals surface area (Å²) in [5.41, 5.74) is 1.08. The van der Waals surface area contributed by atoms with Crippen LogP contribution in [0.1, 0.15) is 18.4 Å². The molecular weight excluding hydrogens is 300 g/mol. The molecule has 1 aromatic rings. The molecule has 5 heteroatoms. The van der Waals surface area contributed by atoms with Crippen molar-refractivity contribution in [3.63, 3.8) is 0 Å². The maximum absolute atomic E-state index is 12.4. The highest BCUT2D eigenvalue weighted by molar-refractivity contribution is 6.30. The number of rotatable bonds is 6.